The Labute approximate surface area is 86.5 Å². The lowest BCUT2D eigenvalue weighted by Crippen LogP contribution is -2.23. The van der Waals surface area contributed by atoms with Crippen LogP contribution in [0.3, 0.4) is 0 Å². The third kappa shape index (κ3) is 1.69. The summed E-state index contributed by atoms with van der Waals surface area (Å²) in [6.07, 6.45) is 1.27. The lowest BCUT2D eigenvalue weighted by atomic mass is 9.81. The van der Waals surface area contributed by atoms with E-state index in [0.717, 1.165) is 6.54 Å². The van der Waals surface area contributed by atoms with Crippen molar-refractivity contribution in [3.63, 3.8) is 0 Å². The summed E-state index contributed by atoms with van der Waals surface area (Å²) in [5, 5.41) is 3.58. The summed E-state index contributed by atoms with van der Waals surface area (Å²) < 4.78 is 0. The zero-order chi connectivity index (χ0) is 10.2. The Hall–Kier alpha value is -0.820. The van der Waals surface area contributed by atoms with Gasteiger partial charge in [-0.15, -0.1) is 0 Å². The van der Waals surface area contributed by atoms with Gasteiger partial charge in [-0.3, -0.25) is 0 Å². The second kappa shape index (κ2) is 3.39. The van der Waals surface area contributed by atoms with E-state index in [0.29, 0.717) is 11.5 Å². The summed E-state index contributed by atoms with van der Waals surface area (Å²) in [6.45, 7) is 7.97. The summed E-state index contributed by atoms with van der Waals surface area (Å²) in [6, 6.07) is 9.43. The third-order valence-corrected chi connectivity index (χ3v) is 3.31. The van der Waals surface area contributed by atoms with Gasteiger partial charge in [-0.25, -0.2) is 0 Å². The van der Waals surface area contributed by atoms with Gasteiger partial charge in [-0.2, -0.15) is 0 Å². The summed E-state index contributed by atoms with van der Waals surface area (Å²) in [7, 11) is 0. The molecule has 0 aromatic heterocycles. The van der Waals surface area contributed by atoms with E-state index >= 15 is 0 Å². The fourth-order valence-corrected chi connectivity index (χ4v) is 2.29. The van der Waals surface area contributed by atoms with Crippen molar-refractivity contribution in [1.82, 2.24) is 5.32 Å². The molecule has 1 unspecified atom stereocenters. The van der Waals surface area contributed by atoms with Crippen LogP contribution in [0.1, 0.15) is 37.4 Å². The number of hydrogen-bond acceptors (Lipinski definition) is 1. The van der Waals surface area contributed by atoms with Crippen LogP contribution in [0.15, 0.2) is 24.3 Å². The van der Waals surface area contributed by atoms with E-state index in [-0.39, 0.29) is 0 Å². The highest BCUT2D eigenvalue weighted by atomic mass is 15.0. The molecule has 1 heteroatoms. The van der Waals surface area contributed by atoms with Gasteiger partial charge in [0.25, 0.3) is 0 Å². The normalized spacial score (nSPS) is 25.2. The maximum atomic E-state index is 3.58. The Balaban J connectivity index is 2.27. The predicted molar refractivity (Wildman–Crippen MR) is 60.3 cm³/mol. The molecule has 0 saturated carbocycles. The first-order valence-electron chi connectivity index (χ1n) is 5.39. The van der Waals surface area contributed by atoms with Gasteiger partial charge in [0.15, 0.2) is 0 Å². The summed E-state index contributed by atoms with van der Waals surface area (Å²) in [4.78, 5) is 0. The molecule has 1 N–H and O–H groups in total. The maximum Gasteiger partial charge on any atom is 0.0372 e. The highest BCUT2D eigenvalue weighted by Gasteiger charge is 2.34. The average molecular weight is 189 g/mol. The van der Waals surface area contributed by atoms with E-state index in [1.54, 1.807) is 0 Å². The summed E-state index contributed by atoms with van der Waals surface area (Å²) in [5.74, 6) is 0. The molecule has 2 rings (SSSR count). The Kier molecular flexibility index (Phi) is 2.36. The smallest absolute Gasteiger partial charge is 0.0372 e. The molecule has 1 fully saturated rings. The van der Waals surface area contributed by atoms with Crippen molar-refractivity contribution in [3.05, 3.63) is 35.4 Å². The Morgan fingerprint density at radius 1 is 1.21 bits per heavy atom. The van der Waals surface area contributed by atoms with Crippen LogP contribution in [-0.2, 0) is 0 Å². The molecule has 0 aliphatic carbocycles. The Morgan fingerprint density at radius 3 is 2.36 bits per heavy atom. The molecule has 0 radical (unpaired) electrons. The molecule has 1 nitrogen and oxygen atoms in total. The molecule has 0 amide bonds. The van der Waals surface area contributed by atoms with E-state index in [4.69, 9.17) is 0 Å². The van der Waals surface area contributed by atoms with Gasteiger partial charge < -0.3 is 5.32 Å². The lowest BCUT2D eigenvalue weighted by Gasteiger charge is -2.26. The predicted octanol–water partition coefficient (Wildman–Crippen LogP) is 3.06. The molecule has 1 aliphatic rings. The lowest BCUT2D eigenvalue weighted by molar-refractivity contribution is 0.320. The molecule has 76 valence electrons. The molecular weight excluding hydrogens is 170 g/mol. The summed E-state index contributed by atoms with van der Waals surface area (Å²) in [5.41, 5.74) is 3.16. The zero-order valence-corrected chi connectivity index (χ0v) is 9.30. The standard InChI is InChI=1S/C13H19N/c1-10-4-6-11(7-5-10)12-13(2,3)8-9-14-12/h4-7,12,14H,8-9H2,1-3H3. The molecule has 1 heterocycles. The van der Waals surface area contributed by atoms with Crippen LogP contribution in [0.5, 0.6) is 0 Å². The Morgan fingerprint density at radius 2 is 1.86 bits per heavy atom. The van der Waals surface area contributed by atoms with Gasteiger partial charge >= 0.3 is 0 Å². The average Bonchev–Trinajstić information content (AvgIpc) is 2.47. The fourth-order valence-electron chi connectivity index (χ4n) is 2.29. The molecule has 1 aromatic carbocycles. The minimum Gasteiger partial charge on any atom is -0.309 e. The van der Waals surface area contributed by atoms with Crippen molar-refractivity contribution in [3.8, 4) is 0 Å². The van der Waals surface area contributed by atoms with Gasteiger partial charge in [0.2, 0.25) is 0 Å². The van der Waals surface area contributed by atoms with E-state index in [1.807, 2.05) is 0 Å². The van der Waals surface area contributed by atoms with Crippen molar-refractivity contribution in [2.45, 2.75) is 33.2 Å². The summed E-state index contributed by atoms with van der Waals surface area (Å²) >= 11 is 0. The van der Waals surface area contributed by atoms with E-state index in [1.165, 1.54) is 17.5 Å². The number of aryl methyl sites for hydroxylation is 1. The maximum absolute atomic E-state index is 3.58. The molecule has 0 bridgehead atoms. The molecule has 1 aromatic rings. The van der Waals surface area contributed by atoms with Crippen molar-refractivity contribution >= 4 is 0 Å². The number of benzene rings is 1. The Bertz CT molecular complexity index is 311. The number of hydrogen-bond donors (Lipinski definition) is 1. The van der Waals surface area contributed by atoms with Gasteiger partial charge in [0, 0.05) is 6.04 Å². The highest BCUT2D eigenvalue weighted by molar-refractivity contribution is 5.26. The van der Waals surface area contributed by atoms with Crippen LogP contribution in [-0.4, -0.2) is 6.54 Å². The van der Waals surface area contributed by atoms with Crippen LogP contribution in [0.4, 0.5) is 0 Å². The monoisotopic (exact) mass is 189 g/mol. The minimum absolute atomic E-state index is 0.398. The molecule has 1 saturated heterocycles. The quantitative estimate of drug-likeness (QED) is 0.716. The first-order valence-corrected chi connectivity index (χ1v) is 5.39. The second-order valence-corrected chi connectivity index (χ2v) is 5.04. The number of rotatable bonds is 1. The zero-order valence-electron chi connectivity index (χ0n) is 9.30. The fraction of sp³-hybridized carbons (Fsp3) is 0.538. The van der Waals surface area contributed by atoms with Crippen molar-refractivity contribution in [2.75, 3.05) is 6.54 Å². The highest BCUT2D eigenvalue weighted by Crippen LogP contribution is 2.40. The van der Waals surface area contributed by atoms with Crippen LogP contribution in [0.25, 0.3) is 0 Å². The van der Waals surface area contributed by atoms with Gasteiger partial charge in [0.1, 0.15) is 0 Å². The first-order chi connectivity index (χ1) is 6.59. The first kappa shape index (κ1) is 9.72. The van der Waals surface area contributed by atoms with E-state index in [2.05, 4.69) is 50.4 Å². The van der Waals surface area contributed by atoms with Crippen LogP contribution < -0.4 is 5.32 Å². The molecule has 1 atom stereocenters. The van der Waals surface area contributed by atoms with Crippen molar-refractivity contribution < 1.29 is 0 Å². The molecular formula is C13H19N. The second-order valence-electron chi connectivity index (χ2n) is 5.04. The molecule has 14 heavy (non-hydrogen) atoms. The van der Waals surface area contributed by atoms with Gasteiger partial charge in [-0.1, -0.05) is 43.7 Å². The van der Waals surface area contributed by atoms with E-state index < -0.39 is 0 Å². The SMILES string of the molecule is Cc1ccc(C2NCCC2(C)C)cc1. The van der Waals surface area contributed by atoms with Crippen LogP contribution in [0.2, 0.25) is 0 Å². The largest absolute Gasteiger partial charge is 0.309 e. The topological polar surface area (TPSA) is 12.0 Å². The van der Waals surface area contributed by atoms with Crippen LogP contribution >= 0.6 is 0 Å². The molecule has 0 spiro atoms. The van der Waals surface area contributed by atoms with Gasteiger partial charge in [0.05, 0.1) is 0 Å². The van der Waals surface area contributed by atoms with E-state index in [9.17, 15) is 0 Å². The van der Waals surface area contributed by atoms with Crippen LogP contribution in [0, 0.1) is 12.3 Å². The molecule has 1 aliphatic heterocycles. The third-order valence-electron chi connectivity index (χ3n) is 3.31. The van der Waals surface area contributed by atoms with Crippen molar-refractivity contribution in [2.24, 2.45) is 5.41 Å². The number of nitrogens with one attached hydrogen (secondary N) is 1. The minimum atomic E-state index is 0.398. The van der Waals surface area contributed by atoms with Gasteiger partial charge in [-0.05, 0) is 30.9 Å². The van der Waals surface area contributed by atoms with Crippen molar-refractivity contribution in [1.29, 1.82) is 0 Å².